The second kappa shape index (κ2) is 8.68. The maximum Gasteiger partial charge on any atom is 0.510 e. The third-order valence-electron chi connectivity index (χ3n) is 3.58. The van der Waals surface area contributed by atoms with Crippen LogP contribution in [-0.4, -0.2) is 41.1 Å². The van der Waals surface area contributed by atoms with Gasteiger partial charge in [0.15, 0.2) is 5.78 Å². The molecule has 172 valence electrons. The Labute approximate surface area is 177 Å². The van der Waals surface area contributed by atoms with Crippen LogP contribution in [0.5, 0.6) is 0 Å². The van der Waals surface area contributed by atoms with Gasteiger partial charge in [-0.1, -0.05) is 24.3 Å². The molecule has 7 nitrogen and oxygen atoms in total. The normalized spacial score (nSPS) is 14.3. The van der Waals surface area contributed by atoms with Gasteiger partial charge >= 0.3 is 23.9 Å². The molecule has 0 N–H and O–H groups in total. The van der Waals surface area contributed by atoms with E-state index < -0.39 is 57.8 Å². The van der Waals surface area contributed by atoms with E-state index in [0.29, 0.717) is 0 Å². The van der Waals surface area contributed by atoms with Crippen LogP contribution in [-0.2, 0) is 29.4 Å². The fourth-order valence-electron chi connectivity index (χ4n) is 2.51. The van der Waals surface area contributed by atoms with Crippen LogP contribution in [0.2, 0.25) is 0 Å². The van der Waals surface area contributed by atoms with Gasteiger partial charge in [0.05, 0.1) is 0 Å². The predicted molar refractivity (Wildman–Crippen MR) is 102 cm³/mol. The van der Waals surface area contributed by atoms with Gasteiger partial charge in [-0.2, -0.15) is 13.2 Å². The lowest BCUT2D eigenvalue weighted by atomic mass is 9.84. The summed E-state index contributed by atoms with van der Waals surface area (Å²) < 4.78 is 55.8. The Hall–Kier alpha value is -2.91. The molecular weight excluding hydrogens is 421 g/mol. The first-order valence-electron chi connectivity index (χ1n) is 9.19. The Bertz CT molecular complexity index is 876. The van der Waals surface area contributed by atoms with Gasteiger partial charge in [-0.3, -0.25) is 9.59 Å². The van der Waals surface area contributed by atoms with Gasteiger partial charge in [0, 0.05) is 11.1 Å². The van der Waals surface area contributed by atoms with E-state index in [4.69, 9.17) is 14.2 Å². The lowest BCUT2D eigenvalue weighted by Crippen LogP contribution is -2.56. The van der Waals surface area contributed by atoms with Crippen LogP contribution in [0.3, 0.4) is 0 Å². The summed E-state index contributed by atoms with van der Waals surface area (Å²) in [5.41, 5.74) is -7.47. The maximum atomic E-state index is 13.7. The van der Waals surface area contributed by atoms with Crippen LogP contribution in [0, 0.1) is 0 Å². The summed E-state index contributed by atoms with van der Waals surface area (Å²) in [6.07, 6.45) is -7.36. The number of ketones is 2. The Morgan fingerprint density at radius 2 is 1.26 bits per heavy atom. The van der Waals surface area contributed by atoms with Gasteiger partial charge in [-0.15, -0.1) is 0 Å². The number of hydrogen-bond acceptors (Lipinski definition) is 7. The van der Waals surface area contributed by atoms with Crippen LogP contribution in [0.25, 0.3) is 0 Å². The van der Waals surface area contributed by atoms with Gasteiger partial charge in [0.25, 0.3) is 5.78 Å². The molecule has 0 aromatic heterocycles. The van der Waals surface area contributed by atoms with Gasteiger partial charge < -0.3 is 14.2 Å². The minimum absolute atomic E-state index is 0.436. The number of Topliss-reactive ketones (excluding diaryl/α,β-unsaturated/α-hetero) is 2. The van der Waals surface area contributed by atoms with E-state index in [1.54, 1.807) is 0 Å². The van der Waals surface area contributed by atoms with E-state index >= 15 is 0 Å². The molecule has 31 heavy (non-hydrogen) atoms. The first-order chi connectivity index (χ1) is 13.8. The molecule has 1 aromatic carbocycles. The molecule has 0 amide bonds. The maximum absolute atomic E-state index is 13.7. The number of halogens is 3. The van der Waals surface area contributed by atoms with Gasteiger partial charge in [-0.05, 0) is 48.5 Å². The molecule has 0 aliphatic heterocycles. The van der Waals surface area contributed by atoms with Crippen LogP contribution in [0.1, 0.15) is 64.4 Å². The monoisotopic (exact) mass is 446 g/mol. The van der Waals surface area contributed by atoms with Gasteiger partial charge in [0.1, 0.15) is 11.2 Å². The molecule has 0 heterocycles. The van der Waals surface area contributed by atoms with Gasteiger partial charge in [0.2, 0.25) is 0 Å². The molecule has 0 fully saturated rings. The number of rotatable bonds is 5. The zero-order valence-electron chi connectivity index (χ0n) is 18.3. The summed E-state index contributed by atoms with van der Waals surface area (Å²) in [4.78, 5) is 50.1. The molecule has 0 aliphatic rings. The topological polar surface area (TPSA) is 96.0 Å². The average Bonchev–Trinajstić information content (AvgIpc) is 2.55. The quantitative estimate of drug-likeness (QED) is 0.373. The van der Waals surface area contributed by atoms with Crippen molar-refractivity contribution in [3.8, 4) is 0 Å². The summed E-state index contributed by atoms with van der Waals surface area (Å²) in [7, 11) is 0. The molecule has 1 aromatic rings. The molecule has 1 unspecified atom stereocenters. The molecule has 10 heteroatoms. The third-order valence-corrected chi connectivity index (χ3v) is 3.58. The van der Waals surface area contributed by atoms with E-state index in [2.05, 4.69) is 0 Å². The van der Waals surface area contributed by atoms with E-state index in [0.717, 1.165) is 19.1 Å². The zero-order chi connectivity index (χ0) is 24.4. The summed E-state index contributed by atoms with van der Waals surface area (Å²) >= 11 is 0. The van der Waals surface area contributed by atoms with Crippen molar-refractivity contribution in [3.05, 3.63) is 35.4 Å². The average molecular weight is 446 g/mol. The molecule has 1 atom stereocenters. The molecule has 0 saturated carbocycles. The number of ether oxygens (including phenoxy) is 3. The Morgan fingerprint density at radius 3 is 1.68 bits per heavy atom. The summed E-state index contributed by atoms with van der Waals surface area (Å²) in [5, 5.41) is 0. The van der Waals surface area contributed by atoms with E-state index in [1.165, 1.54) is 53.7 Å². The van der Waals surface area contributed by atoms with Crippen LogP contribution < -0.4 is 0 Å². The van der Waals surface area contributed by atoms with Crippen LogP contribution >= 0.6 is 0 Å². The third kappa shape index (κ3) is 6.53. The molecule has 0 aliphatic carbocycles. The Balaban J connectivity index is 3.94. The first-order valence-corrected chi connectivity index (χ1v) is 9.19. The highest BCUT2D eigenvalue weighted by molar-refractivity contribution is 6.13. The van der Waals surface area contributed by atoms with Gasteiger partial charge in [-0.25, -0.2) is 9.59 Å². The van der Waals surface area contributed by atoms with Crippen molar-refractivity contribution >= 4 is 23.7 Å². The minimum Gasteiger partial charge on any atom is -0.456 e. The summed E-state index contributed by atoms with van der Waals surface area (Å²) in [6, 6.07) is 4.50. The van der Waals surface area contributed by atoms with Crippen molar-refractivity contribution < 1.29 is 46.6 Å². The fraction of sp³-hybridized carbons (Fsp3) is 0.524. The second-order valence-corrected chi connectivity index (χ2v) is 8.68. The number of alkyl halides is 3. The molecule has 0 bridgehead atoms. The SMILES string of the molecule is CC(=O)c1ccccc1C(OC(=O)OC(C)(C)C)(C(=O)OC(C)(C)C)C(=O)C(F)(F)F. The summed E-state index contributed by atoms with van der Waals surface area (Å²) in [6.45, 7) is 9.26. The van der Waals surface area contributed by atoms with E-state index in [-0.39, 0.29) is 0 Å². The standard InChI is InChI=1S/C21H25F3O7/c1-12(25)13-10-8-9-11-14(13)20(15(26)21(22,23)24,16(27)29-18(2,3)4)31-17(28)30-19(5,6)7/h8-11H,1-7H3. The number of carbonyl (C=O) groups excluding carboxylic acids is 4. The molecular formula is C21H25F3O7. The zero-order valence-corrected chi connectivity index (χ0v) is 18.3. The fourth-order valence-corrected chi connectivity index (χ4v) is 2.51. The Morgan fingerprint density at radius 1 is 0.774 bits per heavy atom. The highest BCUT2D eigenvalue weighted by Gasteiger charge is 2.64. The highest BCUT2D eigenvalue weighted by Crippen LogP contribution is 2.39. The number of benzene rings is 1. The van der Waals surface area contributed by atoms with Crippen molar-refractivity contribution in [1.29, 1.82) is 0 Å². The molecule has 1 rings (SSSR count). The van der Waals surface area contributed by atoms with E-state index in [1.807, 2.05) is 0 Å². The van der Waals surface area contributed by atoms with Crippen molar-refractivity contribution in [3.63, 3.8) is 0 Å². The smallest absolute Gasteiger partial charge is 0.456 e. The van der Waals surface area contributed by atoms with Crippen molar-refractivity contribution in [1.82, 2.24) is 0 Å². The van der Waals surface area contributed by atoms with Crippen molar-refractivity contribution in [2.45, 2.75) is 71.4 Å². The van der Waals surface area contributed by atoms with E-state index in [9.17, 15) is 32.3 Å². The molecule has 0 spiro atoms. The highest BCUT2D eigenvalue weighted by atomic mass is 19.4. The lowest BCUT2D eigenvalue weighted by molar-refractivity contribution is -0.208. The van der Waals surface area contributed by atoms with Crippen molar-refractivity contribution in [2.75, 3.05) is 0 Å². The molecule has 0 radical (unpaired) electrons. The van der Waals surface area contributed by atoms with Crippen molar-refractivity contribution in [2.24, 2.45) is 0 Å². The summed E-state index contributed by atoms with van der Waals surface area (Å²) in [5.74, 6) is -5.33. The molecule has 0 saturated heterocycles. The minimum atomic E-state index is -5.64. The number of esters is 1. The van der Waals surface area contributed by atoms with Crippen LogP contribution in [0.4, 0.5) is 18.0 Å². The number of carbonyl (C=O) groups is 4. The lowest BCUT2D eigenvalue weighted by Gasteiger charge is -2.34. The van der Waals surface area contributed by atoms with Crippen LogP contribution in [0.15, 0.2) is 24.3 Å². The predicted octanol–water partition coefficient (Wildman–Crippen LogP) is 4.51. The largest absolute Gasteiger partial charge is 0.510 e. The second-order valence-electron chi connectivity index (χ2n) is 8.68. The first kappa shape index (κ1) is 26.1. The Kier molecular flexibility index (Phi) is 7.32. The number of hydrogen-bond donors (Lipinski definition) is 0.